The minimum atomic E-state index is -4.64. The van der Waals surface area contributed by atoms with Gasteiger partial charge in [-0.15, -0.1) is 0 Å². The van der Waals surface area contributed by atoms with Gasteiger partial charge in [-0.05, 0) is 38.8 Å². The molecular weight excluding hydrogens is 415 g/mol. The first-order chi connectivity index (χ1) is 14.6. The monoisotopic (exact) mass is 437 g/mol. The van der Waals surface area contributed by atoms with Gasteiger partial charge in [0, 0.05) is 24.8 Å². The number of rotatable bonds is 4. The number of alkyl halides is 3. The summed E-state index contributed by atoms with van der Waals surface area (Å²) in [4.78, 5) is 38.8. The van der Waals surface area contributed by atoms with E-state index in [1.54, 1.807) is 6.92 Å². The fraction of sp³-hybridized carbons (Fsp3) is 0.429. The average Bonchev–Trinajstić information content (AvgIpc) is 2.73. The number of hydrogen-bond acceptors (Lipinski definition) is 5. The van der Waals surface area contributed by atoms with Gasteiger partial charge in [0.25, 0.3) is 5.91 Å². The van der Waals surface area contributed by atoms with Crippen LogP contribution in [0.4, 0.5) is 13.2 Å². The van der Waals surface area contributed by atoms with Crippen molar-refractivity contribution in [1.29, 1.82) is 0 Å². The van der Waals surface area contributed by atoms with E-state index in [0.29, 0.717) is 19.4 Å². The summed E-state index contributed by atoms with van der Waals surface area (Å²) in [5.41, 5.74) is -2.26. The zero-order valence-corrected chi connectivity index (χ0v) is 17.1. The van der Waals surface area contributed by atoms with Crippen LogP contribution in [-0.2, 0) is 15.7 Å². The number of amides is 1. The number of likely N-dealkylation sites (tertiary alicyclic amines) is 1. The highest BCUT2D eigenvalue weighted by Crippen LogP contribution is 2.33. The maximum atomic E-state index is 13.5. The van der Waals surface area contributed by atoms with Crippen molar-refractivity contribution in [3.63, 3.8) is 0 Å². The molecule has 1 aliphatic heterocycles. The largest absolute Gasteiger partial charge is 0.466 e. The van der Waals surface area contributed by atoms with E-state index in [0.717, 1.165) is 16.8 Å². The van der Waals surface area contributed by atoms with E-state index in [1.807, 2.05) is 0 Å². The van der Waals surface area contributed by atoms with Crippen LogP contribution in [0.3, 0.4) is 0 Å². The topological polar surface area (TPSA) is 81.5 Å². The fourth-order valence-corrected chi connectivity index (χ4v) is 3.60. The number of piperidine rings is 1. The van der Waals surface area contributed by atoms with Gasteiger partial charge in [-0.25, -0.2) is 4.68 Å². The van der Waals surface area contributed by atoms with Gasteiger partial charge in [-0.1, -0.05) is 12.1 Å². The van der Waals surface area contributed by atoms with Gasteiger partial charge in [0.2, 0.25) is 5.43 Å². The van der Waals surface area contributed by atoms with E-state index < -0.39 is 40.7 Å². The smallest absolute Gasteiger partial charge is 0.418 e. The van der Waals surface area contributed by atoms with Crippen molar-refractivity contribution in [3.8, 4) is 5.69 Å². The molecule has 166 valence electrons. The van der Waals surface area contributed by atoms with Crippen LogP contribution in [-0.4, -0.2) is 46.3 Å². The number of para-hydroxylation sites is 1. The Morgan fingerprint density at radius 3 is 2.65 bits per heavy atom. The van der Waals surface area contributed by atoms with Crippen molar-refractivity contribution in [1.82, 2.24) is 14.7 Å². The predicted molar refractivity (Wildman–Crippen MR) is 105 cm³/mol. The molecule has 31 heavy (non-hydrogen) atoms. The summed E-state index contributed by atoms with van der Waals surface area (Å²) >= 11 is 0. The van der Waals surface area contributed by atoms with Gasteiger partial charge in [0.1, 0.15) is 0 Å². The Labute approximate surface area is 176 Å². The molecule has 0 unspecified atom stereocenters. The summed E-state index contributed by atoms with van der Waals surface area (Å²) in [6.07, 6.45) is -3.56. The Kier molecular flexibility index (Phi) is 6.47. The standard InChI is InChI=1S/C21H22F3N3O4/c1-3-31-20(30)14-7-6-10-26(12-14)19(29)18-17(28)11-13(2)27(25-18)16-9-5-4-8-15(16)21(22,23)24/h4-5,8-9,11,14H,3,6-7,10,12H2,1-2H3/t14-/m1/s1. The second kappa shape index (κ2) is 8.91. The highest BCUT2D eigenvalue weighted by Gasteiger charge is 2.35. The van der Waals surface area contributed by atoms with E-state index in [1.165, 1.54) is 30.0 Å². The van der Waals surface area contributed by atoms with Gasteiger partial charge >= 0.3 is 12.1 Å². The number of carbonyl (C=O) groups is 2. The number of ether oxygens (including phenoxy) is 1. The molecule has 1 fully saturated rings. The molecule has 0 bridgehead atoms. The molecule has 1 aromatic carbocycles. The summed E-state index contributed by atoms with van der Waals surface area (Å²) in [6, 6.07) is 5.88. The average molecular weight is 437 g/mol. The Morgan fingerprint density at radius 2 is 1.97 bits per heavy atom. The van der Waals surface area contributed by atoms with Crippen molar-refractivity contribution in [2.24, 2.45) is 5.92 Å². The Morgan fingerprint density at radius 1 is 1.26 bits per heavy atom. The molecule has 0 saturated carbocycles. The molecule has 0 N–H and O–H groups in total. The molecule has 1 aromatic heterocycles. The first-order valence-electron chi connectivity index (χ1n) is 9.87. The molecule has 0 aliphatic carbocycles. The predicted octanol–water partition coefficient (Wildman–Crippen LogP) is 2.98. The Hall–Kier alpha value is -3.17. The summed E-state index contributed by atoms with van der Waals surface area (Å²) < 4.78 is 46.3. The molecule has 1 atom stereocenters. The summed E-state index contributed by atoms with van der Waals surface area (Å²) in [5, 5.41) is 3.99. The molecule has 10 heteroatoms. The first-order valence-corrected chi connectivity index (χ1v) is 9.87. The van der Waals surface area contributed by atoms with Gasteiger partial charge in [-0.3, -0.25) is 14.4 Å². The van der Waals surface area contributed by atoms with Crippen LogP contribution in [0.1, 0.15) is 41.5 Å². The van der Waals surface area contributed by atoms with Crippen LogP contribution in [0.5, 0.6) is 0 Å². The van der Waals surface area contributed by atoms with E-state index in [-0.39, 0.29) is 24.5 Å². The molecule has 1 amide bonds. The Bertz CT molecular complexity index is 1050. The summed E-state index contributed by atoms with van der Waals surface area (Å²) in [5.74, 6) is -1.66. The van der Waals surface area contributed by atoms with Crippen molar-refractivity contribution in [2.45, 2.75) is 32.9 Å². The van der Waals surface area contributed by atoms with Gasteiger partial charge in [0.15, 0.2) is 5.69 Å². The van der Waals surface area contributed by atoms with Crippen LogP contribution in [0.25, 0.3) is 5.69 Å². The lowest BCUT2D eigenvalue weighted by Gasteiger charge is -2.31. The zero-order valence-electron chi connectivity index (χ0n) is 17.1. The molecule has 1 saturated heterocycles. The summed E-state index contributed by atoms with van der Waals surface area (Å²) in [7, 11) is 0. The lowest BCUT2D eigenvalue weighted by molar-refractivity contribution is -0.149. The van der Waals surface area contributed by atoms with E-state index in [4.69, 9.17) is 4.74 Å². The number of carbonyl (C=O) groups excluding carboxylic acids is 2. The SMILES string of the molecule is CCOC(=O)[C@@H]1CCCN(C(=O)c2nn(-c3ccccc3C(F)(F)F)c(C)cc2=O)C1. The molecule has 3 rings (SSSR count). The number of halogens is 3. The number of aryl methyl sites for hydroxylation is 1. The van der Waals surface area contributed by atoms with Gasteiger partial charge < -0.3 is 9.64 Å². The van der Waals surface area contributed by atoms with Crippen LogP contribution >= 0.6 is 0 Å². The van der Waals surface area contributed by atoms with Crippen molar-refractivity contribution >= 4 is 11.9 Å². The maximum absolute atomic E-state index is 13.5. The number of esters is 1. The van der Waals surface area contributed by atoms with E-state index >= 15 is 0 Å². The summed E-state index contributed by atoms with van der Waals surface area (Å²) in [6.45, 7) is 3.70. The molecule has 0 spiro atoms. The van der Waals surface area contributed by atoms with Crippen LogP contribution in [0.15, 0.2) is 35.1 Å². The highest BCUT2D eigenvalue weighted by atomic mass is 19.4. The lowest BCUT2D eigenvalue weighted by Crippen LogP contribution is -2.44. The first kappa shape index (κ1) is 22.5. The zero-order chi connectivity index (χ0) is 22.8. The molecule has 1 aliphatic rings. The number of hydrogen-bond donors (Lipinski definition) is 0. The van der Waals surface area contributed by atoms with Crippen molar-refractivity contribution < 1.29 is 27.5 Å². The van der Waals surface area contributed by atoms with Crippen molar-refractivity contribution in [3.05, 3.63) is 57.5 Å². The normalized spacial score (nSPS) is 16.8. The molecule has 2 heterocycles. The highest BCUT2D eigenvalue weighted by molar-refractivity contribution is 5.92. The minimum Gasteiger partial charge on any atom is -0.466 e. The lowest BCUT2D eigenvalue weighted by atomic mass is 9.98. The van der Waals surface area contributed by atoms with Crippen LogP contribution in [0, 0.1) is 12.8 Å². The third kappa shape index (κ3) is 4.78. The molecule has 7 nitrogen and oxygen atoms in total. The second-order valence-corrected chi connectivity index (χ2v) is 7.27. The van der Waals surface area contributed by atoms with Crippen molar-refractivity contribution in [2.75, 3.05) is 19.7 Å². The van der Waals surface area contributed by atoms with Gasteiger partial charge in [0.05, 0.1) is 23.8 Å². The third-order valence-electron chi connectivity index (χ3n) is 5.08. The minimum absolute atomic E-state index is 0.0613. The Balaban J connectivity index is 1.98. The molecule has 0 radical (unpaired) electrons. The number of benzene rings is 1. The van der Waals surface area contributed by atoms with Gasteiger partial charge in [-0.2, -0.15) is 18.3 Å². The fourth-order valence-electron chi connectivity index (χ4n) is 3.60. The van der Waals surface area contributed by atoms with Crippen LogP contribution < -0.4 is 5.43 Å². The van der Waals surface area contributed by atoms with Crippen LogP contribution in [0.2, 0.25) is 0 Å². The van der Waals surface area contributed by atoms with E-state index in [2.05, 4.69) is 5.10 Å². The quantitative estimate of drug-likeness (QED) is 0.687. The number of nitrogens with zero attached hydrogens (tertiary/aromatic N) is 3. The third-order valence-corrected chi connectivity index (χ3v) is 5.08. The molecular formula is C21H22F3N3O4. The second-order valence-electron chi connectivity index (χ2n) is 7.27. The van der Waals surface area contributed by atoms with E-state index in [9.17, 15) is 27.6 Å². The number of aromatic nitrogens is 2. The molecule has 2 aromatic rings. The maximum Gasteiger partial charge on any atom is 0.418 e.